The van der Waals surface area contributed by atoms with E-state index in [1.54, 1.807) is 30.9 Å². The minimum atomic E-state index is -0.734. The summed E-state index contributed by atoms with van der Waals surface area (Å²) in [6, 6.07) is 13.2. The molecule has 3 aliphatic rings. The van der Waals surface area contributed by atoms with Gasteiger partial charge in [0.1, 0.15) is 18.0 Å². The van der Waals surface area contributed by atoms with E-state index in [1.165, 1.54) is 12.0 Å². The fourth-order valence-electron chi connectivity index (χ4n) is 5.38. The van der Waals surface area contributed by atoms with Crippen molar-refractivity contribution in [1.29, 1.82) is 5.26 Å². The van der Waals surface area contributed by atoms with Gasteiger partial charge in [0, 0.05) is 73.1 Å². The van der Waals surface area contributed by atoms with Crippen LogP contribution in [0.2, 0.25) is 0 Å². The molecule has 0 spiro atoms. The first-order chi connectivity index (χ1) is 18.5. The van der Waals surface area contributed by atoms with Crippen LogP contribution in [0, 0.1) is 23.2 Å². The predicted octanol–water partition coefficient (Wildman–Crippen LogP) is 2.87. The molecule has 3 aliphatic heterocycles. The number of hydrogen-bond donors (Lipinski definition) is 1. The maximum atomic E-state index is 9.62. The third-order valence-corrected chi connectivity index (χ3v) is 7.26. The first-order valence-corrected chi connectivity index (χ1v) is 12.6. The summed E-state index contributed by atoms with van der Waals surface area (Å²) in [4.78, 5) is 14.0. The maximum Gasteiger partial charge on any atom is 0.212 e. The lowest BCUT2D eigenvalue weighted by Crippen LogP contribution is -2.68. The molecule has 9 heteroatoms. The number of aliphatic hydroxyl groups excluding tert-OH is 1. The molecule has 3 fully saturated rings. The summed E-state index contributed by atoms with van der Waals surface area (Å²) >= 11 is 0. The molecule has 38 heavy (non-hydrogen) atoms. The predicted molar refractivity (Wildman–Crippen MR) is 142 cm³/mol. The second kappa shape index (κ2) is 9.79. The number of nitrogens with zero attached hydrogens (tertiary/aromatic N) is 7. The lowest BCUT2D eigenvalue weighted by Gasteiger charge is -2.56. The Kier molecular flexibility index (Phi) is 6.16. The van der Waals surface area contributed by atoms with E-state index in [-0.39, 0.29) is 0 Å². The van der Waals surface area contributed by atoms with Crippen LogP contribution in [0.15, 0.2) is 55.1 Å². The summed E-state index contributed by atoms with van der Waals surface area (Å²) in [5, 5.41) is 23.5. The average molecular weight is 506 g/mol. The van der Waals surface area contributed by atoms with Gasteiger partial charge in [-0.2, -0.15) is 10.4 Å². The molecule has 7 heterocycles. The van der Waals surface area contributed by atoms with E-state index in [9.17, 15) is 10.4 Å². The quantitative estimate of drug-likeness (QED) is 0.413. The molecule has 4 aromatic heterocycles. The summed E-state index contributed by atoms with van der Waals surface area (Å²) in [6.45, 7) is 4.38. The number of hydrogen-bond acceptors (Lipinski definition) is 8. The van der Waals surface area contributed by atoms with Crippen LogP contribution in [0.4, 0.5) is 5.82 Å². The van der Waals surface area contributed by atoms with Gasteiger partial charge in [-0.25, -0.2) is 14.5 Å². The van der Waals surface area contributed by atoms with E-state index >= 15 is 0 Å². The Morgan fingerprint density at radius 1 is 1.13 bits per heavy atom. The highest BCUT2D eigenvalue weighted by molar-refractivity contribution is 5.85. The fourth-order valence-corrected chi connectivity index (χ4v) is 5.38. The number of nitriles is 1. The van der Waals surface area contributed by atoms with Gasteiger partial charge in [0.05, 0.1) is 24.4 Å². The van der Waals surface area contributed by atoms with Crippen molar-refractivity contribution in [3.05, 3.63) is 71.8 Å². The summed E-state index contributed by atoms with van der Waals surface area (Å²) in [5.74, 6) is 7.34. The van der Waals surface area contributed by atoms with Crippen molar-refractivity contribution in [2.24, 2.45) is 0 Å². The smallest absolute Gasteiger partial charge is 0.212 e. The molecule has 3 atom stereocenters. The van der Waals surface area contributed by atoms with Gasteiger partial charge in [0.2, 0.25) is 5.88 Å². The number of fused-ring (bicyclic) bond motifs is 3. The number of piperidine rings is 1. The molecule has 3 saturated heterocycles. The molecule has 2 bridgehead atoms. The van der Waals surface area contributed by atoms with Crippen LogP contribution < -0.4 is 9.64 Å². The minimum Gasteiger partial charge on any atom is -0.481 e. The topological polar surface area (TPSA) is 103 Å². The minimum absolute atomic E-state index is 0.488. The molecule has 9 nitrogen and oxygen atoms in total. The zero-order valence-electron chi connectivity index (χ0n) is 21.2. The monoisotopic (exact) mass is 505 g/mol. The summed E-state index contributed by atoms with van der Waals surface area (Å²) in [7, 11) is 1.63. The normalized spacial score (nSPS) is 19.3. The van der Waals surface area contributed by atoms with E-state index in [4.69, 9.17) is 9.72 Å². The zero-order valence-corrected chi connectivity index (χ0v) is 21.2. The van der Waals surface area contributed by atoms with Crippen molar-refractivity contribution in [3.63, 3.8) is 0 Å². The number of rotatable bonds is 5. The SMILES string of the molecule is COc1ccc(CN2C3CC2CN(c2ccc(-c4cc(C#C[C@@H](C)O)cn5ncc(C#N)c45)cn2)C3)cn1. The largest absolute Gasteiger partial charge is 0.481 e. The molecule has 0 radical (unpaired) electrons. The van der Waals surface area contributed by atoms with Crippen molar-refractivity contribution in [2.75, 3.05) is 25.1 Å². The highest BCUT2D eigenvalue weighted by Crippen LogP contribution is 2.36. The molecule has 190 valence electrons. The van der Waals surface area contributed by atoms with Crippen LogP contribution in [-0.4, -0.2) is 68.0 Å². The van der Waals surface area contributed by atoms with Crippen LogP contribution >= 0.6 is 0 Å². The lowest BCUT2D eigenvalue weighted by atomic mass is 9.87. The summed E-state index contributed by atoms with van der Waals surface area (Å²) < 4.78 is 6.84. The van der Waals surface area contributed by atoms with Gasteiger partial charge in [-0.1, -0.05) is 17.9 Å². The van der Waals surface area contributed by atoms with Gasteiger partial charge in [0.15, 0.2) is 0 Å². The first-order valence-electron chi connectivity index (χ1n) is 12.6. The van der Waals surface area contributed by atoms with Crippen LogP contribution in [-0.2, 0) is 6.54 Å². The van der Waals surface area contributed by atoms with E-state index < -0.39 is 6.10 Å². The molecule has 4 aromatic rings. The fraction of sp³-hybridized carbons (Fsp3) is 0.310. The molecule has 1 N–H and O–H groups in total. The number of anilines is 1. The van der Waals surface area contributed by atoms with Crippen molar-refractivity contribution in [1.82, 2.24) is 24.5 Å². The first kappa shape index (κ1) is 23.9. The second-order valence-corrected chi connectivity index (χ2v) is 9.79. The summed E-state index contributed by atoms with van der Waals surface area (Å²) in [5.41, 5.74) is 4.81. The van der Waals surface area contributed by atoms with E-state index in [0.717, 1.165) is 36.6 Å². The number of ether oxygens (including phenoxy) is 1. The van der Waals surface area contributed by atoms with Crippen molar-refractivity contribution in [3.8, 4) is 34.9 Å². The third-order valence-electron chi connectivity index (χ3n) is 7.26. The third kappa shape index (κ3) is 4.43. The molecule has 0 amide bonds. The highest BCUT2D eigenvalue weighted by Gasteiger charge is 2.44. The molecule has 2 unspecified atom stereocenters. The molecule has 0 saturated carbocycles. The van der Waals surface area contributed by atoms with Gasteiger partial charge < -0.3 is 14.7 Å². The number of pyridine rings is 3. The molecule has 7 rings (SSSR count). The van der Waals surface area contributed by atoms with Crippen molar-refractivity contribution in [2.45, 2.75) is 38.1 Å². The average Bonchev–Trinajstić information content (AvgIpc) is 3.38. The Bertz CT molecular complexity index is 1560. The Labute approximate surface area is 220 Å². The Balaban J connectivity index is 1.21. The Morgan fingerprint density at radius 3 is 2.63 bits per heavy atom. The van der Waals surface area contributed by atoms with Gasteiger partial charge in [-0.15, -0.1) is 0 Å². The van der Waals surface area contributed by atoms with Gasteiger partial charge in [-0.3, -0.25) is 4.90 Å². The highest BCUT2D eigenvalue weighted by atomic mass is 16.5. The number of methoxy groups -OCH3 is 1. The standard InChI is InChI=1S/C29H27N7O2/c1-19(37)3-4-20-9-26(29-23(11-30)14-33-36(29)16-20)22-6-7-27(31-13-22)34-17-24-10-25(18-34)35(24)15-21-5-8-28(38-2)32-12-21/h5-9,12-14,16,19,24-25,37H,10,15,17-18H2,1-2H3/t19-,24?,25?/m1/s1. The Hall–Kier alpha value is -4.44. The van der Waals surface area contributed by atoms with Gasteiger partial charge >= 0.3 is 0 Å². The van der Waals surface area contributed by atoms with Crippen molar-refractivity contribution < 1.29 is 9.84 Å². The van der Waals surface area contributed by atoms with Crippen molar-refractivity contribution >= 4 is 11.3 Å². The van der Waals surface area contributed by atoms with Gasteiger partial charge in [-0.05, 0) is 37.1 Å². The lowest BCUT2D eigenvalue weighted by molar-refractivity contribution is -0.00876. The van der Waals surface area contributed by atoms with Crippen LogP contribution in [0.5, 0.6) is 5.88 Å². The Morgan fingerprint density at radius 2 is 1.97 bits per heavy atom. The molecule has 0 aromatic carbocycles. The summed E-state index contributed by atoms with van der Waals surface area (Å²) in [6.07, 6.45) is 7.54. The maximum absolute atomic E-state index is 9.62. The number of aromatic nitrogens is 4. The number of piperazine rings is 1. The van der Waals surface area contributed by atoms with E-state index in [0.29, 0.717) is 34.6 Å². The van der Waals surface area contributed by atoms with Crippen LogP contribution in [0.3, 0.4) is 0 Å². The molecular weight excluding hydrogens is 478 g/mol. The second-order valence-electron chi connectivity index (χ2n) is 9.79. The molecular formula is C29H27N7O2. The van der Waals surface area contributed by atoms with Crippen LogP contribution in [0.1, 0.15) is 30.0 Å². The van der Waals surface area contributed by atoms with Crippen LogP contribution in [0.25, 0.3) is 16.6 Å². The molecule has 0 aliphatic carbocycles. The van der Waals surface area contributed by atoms with E-state index in [2.05, 4.69) is 43.9 Å². The zero-order chi connectivity index (χ0) is 26.2. The van der Waals surface area contributed by atoms with E-state index in [1.807, 2.05) is 36.7 Å². The number of aliphatic hydroxyl groups is 1. The van der Waals surface area contributed by atoms with Gasteiger partial charge in [0.25, 0.3) is 0 Å².